The number of halogens is 3. The summed E-state index contributed by atoms with van der Waals surface area (Å²) in [5.74, 6) is -1.44. The Morgan fingerprint density at radius 2 is 1.74 bits per heavy atom. The van der Waals surface area contributed by atoms with Gasteiger partial charge in [-0.15, -0.1) is 11.6 Å². The van der Waals surface area contributed by atoms with Crippen LogP contribution in [0.4, 0.5) is 8.78 Å². The van der Waals surface area contributed by atoms with E-state index in [1.54, 1.807) is 31.2 Å². The Morgan fingerprint density at radius 3 is 2.26 bits per heavy atom. The molecule has 0 bridgehead atoms. The van der Waals surface area contributed by atoms with Gasteiger partial charge in [0.1, 0.15) is 11.6 Å². The van der Waals surface area contributed by atoms with E-state index in [9.17, 15) is 13.6 Å². The van der Waals surface area contributed by atoms with Gasteiger partial charge in [0.05, 0.1) is 5.38 Å². The quantitative estimate of drug-likeness (QED) is 0.600. The predicted octanol–water partition coefficient (Wildman–Crippen LogP) is 4.44. The standard InChI is InChI=1S/C15H11ClF2O/c1-9(16)15(19)11-4-2-10(3-5-11)13-7-6-12(17)8-14(13)18/h2-9H,1H3. The van der Waals surface area contributed by atoms with E-state index in [4.69, 9.17) is 11.6 Å². The maximum absolute atomic E-state index is 13.6. The fraction of sp³-hybridized carbons (Fsp3) is 0.133. The van der Waals surface area contributed by atoms with Crippen molar-refractivity contribution in [2.75, 3.05) is 0 Å². The van der Waals surface area contributed by atoms with E-state index < -0.39 is 17.0 Å². The molecular formula is C15H11ClF2O. The molecule has 0 saturated carbocycles. The second-order valence-electron chi connectivity index (χ2n) is 4.18. The van der Waals surface area contributed by atoms with Crippen LogP contribution in [0.2, 0.25) is 0 Å². The summed E-state index contributed by atoms with van der Waals surface area (Å²) < 4.78 is 26.4. The minimum Gasteiger partial charge on any atom is -0.293 e. The summed E-state index contributed by atoms with van der Waals surface area (Å²) in [4.78, 5) is 11.6. The molecule has 0 spiro atoms. The molecule has 2 aromatic rings. The van der Waals surface area contributed by atoms with Gasteiger partial charge in [0.15, 0.2) is 5.78 Å². The summed E-state index contributed by atoms with van der Waals surface area (Å²) in [5, 5.41) is -0.603. The summed E-state index contributed by atoms with van der Waals surface area (Å²) in [6.07, 6.45) is 0. The smallest absolute Gasteiger partial charge is 0.180 e. The molecule has 1 nitrogen and oxygen atoms in total. The first-order valence-corrected chi connectivity index (χ1v) is 6.16. The van der Waals surface area contributed by atoms with Gasteiger partial charge in [-0.25, -0.2) is 8.78 Å². The van der Waals surface area contributed by atoms with Crippen LogP contribution in [0.5, 0.6) is 0 Å². The molecule has 98 valence electrons. The number of hydrogen-bond acceptors (Lipinski definition) is 1. The molecule has 2 rings (SSSR count). The highest BCUT2D eigenvalue weighted by atomic mass is 35.5. The third-order valence-electron chi connectivity index (χ3n) is 2.77. The molecule has 4 heteroatoms. The Hall–Kier alpha value is -1.74. The molecule has 1 unspecified atom stereocenters. The summed E-state index contributed by atoms with van der Waals surface area (Å²) in [5.41, 5.74) is 1.34. The first kappa shape index (κ1) is 13.7. The van der Waals surface area contributed by atoms with Crippen LogP contribution in [0, 0.1) is 11.6 Å². The van der Waals surface area contributed by atoms with Crippen molar-refractivity contribution >= 4 is 17.4 Å². The zero-order valence-corrected chi connectivity index (χ0v) is 10.9. The second kappa shape index (κ2) is 5.49. The highest BCUT2D eigenvalue weighted by Gasteiger charge is 2.12. The molecule has 19 heavy (non-hydrogen) atoms. The number of benzene rings is 2. The van der Waals surface area contributed by atoms with Crippen molar-refractivity contribution in [3.05, 3.63) is 59.7 Å². The van der Waals surface area contributed by atoms with Crippen LogP contribution in [0.25, 0.3) is 11.1 Å². The maximum Gasteiger partial charge on any atom is 0.180 e. The van der Waals surface area contributed by atoms with E-state index in [-0.39, 0.29) is 5.78 Å². The molecule has 0 aliphatic heterocycles. The highest BCUT2D eigenvalue weighted by Crippen LogP contribution is 2.24. The predicted molar refractivity (Wildman–Crippen MR) is 71.4 cm³/mol. The molecule has 0 N–H and O–H groups in total. The summed E-state index contributed by atoms with van der Waals surface area (Å²) in [7, 11) is 0. The van der Waals surface area contributed by atoms with Crippen LogP contribution in [-0.2, 0) is 0 Å². The van der Waals surface area contributed by atoms with Crippen molar-refractivity contribution < 1.29 is 13.6 Å². The molecule has 0 amide bonds. The SMILES string of the molecule is CC(Cl)C(=O)c1ccc(-c2ccc(F)cc2F)cc1. The Kier molecular flexibility index (Phi) is 3.96. The average Bonchev–Trinajstić information content (AvgIpc) is 2.38. The van der Waals surface area contributed by atoms with E-state index in [0.29, 0.717) is 16.7 Å². The Bertz CT molecular complexity index is 606. The van der Waals surface area contributed by atoms with E-state index in [1.807, 2.05) is 0 Å². The topological polar surface area (TPSA) is 17.1 Å². The van der Waals surface area contributed by atoms with Crippen LogP contribution in [0.3, 0.4) is 0 Å². The molecule has 0 aliphatic rings. The van der Waals surface area contributed by atoms with Crippen LogP contribution in [-0.4, -0.2) is 11.2 Å². The Balaban J connectivity index is 2.35. The fourth-order valence-corrected chi connectivity index (χ4v) is 1.89. The van der Waals surface area contributed by atoms with Gasteiger partial charge in [-0.05, 0) is 24.6 Å². The van der Waals surface area contributed by atoms with E-state index in [0.717, 1.165) is 6.07 Å². The van der Waals surface area contributed by atoms with Gasteiger partial charge in [-0.3, -0.25) is 4.79 Å². The minimum atomic E-state index is -0.634. The third kappa shape index (κ3) is 2.99. The first-order valence-electron chi connectivity index (χ1n) is 5.73. The number of carbonyl (C=O) groups excluding carboxylic acids is 1. The fourth-order valence-electron chi connectivity index (χ4n) is 1.77. The zero-order valence-electron chi connectivity index (χ0n) is 10.2. The van der Waals surface area contributed by atoms with Gasteiger partial charge >= 0.3 is 0 Å². The number of rotatable bonds is 3. The third-order valence-corrected chi connectivity index (χ3v) is 2.97. The summed E-state index contributed by atoms with van der Waals surface area (Å²) in [6.45, 7) is 1.59. The molecule has 0 radical (unpaired) electrons. The Morgan fingerprint density at radius 1 is 1.11 bits per heavy atom. The van der Waals surface area contributed by atoms with Gasteiger partial charge in [-0.2, -0.15) is 0 Å². The van der Waals surface area contributed by atoms with Gasteiger partial charge < -0.3 is 0 Å². The van der Waals surface area contributed by atoms with E-state index >= 15 is 0 Å². The normalized spacial score (nSPS) is 12.2. The van der Waals surface area contributed by atoms with Crippen molar-refractivity contribution in [1.82, 2.24) is 0 Å². The Labute approximate surface area is 114 Å². The van der Waals surface area contributed by atoms with Crippen LogP contribution in [0.1, 0.15) is 17.3 Å². The molecule has 0 fully saturated rings. The van der Waals surface area contributed by atoms with E-state index in [1.165, 1.54) is 12.1 Å². The minimum absolute atomic E-state index is 0.187. The molecule has 0 heterocycles. The molecule has 0 aliphatic carbocycles. The zero-order chi connectivity index (χ0) is 14.0. The van der Waals surface area contributed by atoms with Crippen molar-refractivity contribution in [3.63, 3.8) is 0 Å². The maximum atomic E-state index is 13.6. The molecular weight excluding hydrogens is 270 g/mol. The van der Waals surface area contributed by atoms with Crippen LogP contribution >= 0.6 is 11.6 Å². The largest absolute Gasteiger partial charge is 0.293 e. The van der Waals surface area contributed by atoms with Crippen LogP contribution < -0.4 is 0 Å². The lowest BCUT2D eigenvalue weighted by atomic mass is 10.0. The lowest BCUT2D eigenvalue weighted by molar-refractivity contribution is 0.0992. The average molecular weight is 281 g/mol. The van der Waals surface area contributed by atoms with Crippen molar-refractivity contribution in [2.24, 2.45) is 0 Å². The lowest BCUT2D eigenvalue weighted by Crippen LogP contribution is -2.10. The number of Topliss-reactive ketones (excluding diaryl/α,β-unsaturated/α-hetero) is 1. The van der Waals surface area contributed by atoms with Crippen LogP contribution in [0.15, 0.2) is 42.5 Å². The number of carbonyl (C=O) groups is 1. The lowest BCUT2D eigenvalue weighted by Gasteiger charge is -2.06. The van der Waals surface area contributed by atoms with Gasteiger partial charge in [0, 0.05) is 17.2 Å². The van der Waals surface area contributed by atoms with Crippen molar-refractivity contribution in [1.29, 1.82) is 0 Å². The van der Waals surface area contributed by atoms with Gasteiger partial charge in [-0.1, -0.05) is 24.3 Å². The van der Waals surface area contributed by atoms with E-state index in [2.05, 4.69) is 0 Å². The summed E-state index contributed by atoms with van der Waals surface area (Å²) in [6, 6.07) is 9.78. The summed E-state index contributed by atoms with van der Waals surface area (Å²) >= 11 is 5.71. The number of alkyl halides is 1. The number of ketones is 1. The highest BCUT2D eigenvalue weighted by molar-refractivity contribution is 6.33. The van der Waals surface area contributed by atoms with Gasteiger partial charge in [0.2, 0.25) is 0 Å². The van der Waals surface area contributed by atoms with Crippen molar-refractivity contribution in [3.8, 4) is 11.1 Å². The molecule has 1 atom stereocenters. The van der Waals surface area contributed by atoms with Crippen molar-refractivity contribution in [2.45, 2.75) is 12.3 Å². The monoisotopic (exact) mass is 280 g/mol. The first-order chi connectivity index (χ1) is 8.99. The number of hydrogen-bond donors (Lipinski definition) is 0. The van der Waals surface area contributed by atoms with Gasteiger partial charge in [0.25, 0.3) is 0 Å². The molecule has 0 aromatic heterocycles. The second-order valence-corrected chi connectivity index (χ2v) is 4.84. The molecule has 2 aromatic carbocycles. The molecule has 0 saturated heterocycles.